The predicted molar refractivity (Wildman–Crippen MR) is 149 cm³/mol. The van der Waals surface area contributed by atoms with Gasteiger partial charge in [-0.05, 0) is 86.3 Å². The molecular formula is C32H44O5. The minimum absolute atomic E-state index is 0.0554. The molecule has 0 aliphatic heterocycles. The molecule has 1 atom stereocenters. The minimum atomic E-state index is -0.848. The number of aliphatic hydroxyl groups excluding tert-OH is 1. The summed E-state index contributed by atoms with van der Waals surface area (Å²) in [5.41, 5.74) is 5.11. The first-order valence-electron chi connectivity index (χ1n) is 13.8. The molecule has 1 aliphatic rings. The van der Waals surface area contributed by atoms with Crippen molar-refractivity contribution in [3.63, 3.8) is 0 Å². The standard InChI is InChI=1S/C32H44O5/c1-5-32(6-2,26-13-12-25(23(3)20-26)16-19-31(36)17-7-8-18-31)27-14-15-29(24(4)21-27)37-22-28(33)10-9-11-30(34)35/h12-16,19-21,28,33,36H,5-11,17-18,22H2,1-4H3,(H,34,35)/b19-16+/t28-/m1/s1. The fourth-order valence-corrected chi connectivity index (χ4v) is 5.66. The Kier molecular flexibility index (Phi) is 9.97. The Morgan fingerprint density at radius 1 is 1.05 bits per heavy atom. The van der Waals surface area contributed by atoms with Gasteiger partial charge in [0.25, 0.3) is 0 Å². The van der Waals surface area contributed by atoms with Crippen LogP contribution in [0.2, 0.25) is 0 Å². The number of aliphatic carboxylic acids is 1. The van der Waals surface area contributed by atoms with E-state index in [4.69, 9.17) is 9.84 Å². The molecule has 2 aromatic carbocycles. The van der Waals surface area contributed by atoms with E-state index in [1.165, 1.54) is 16.7 Å². The second kappa shape index (κ2) is 12.7. The third-order valence-corrected chi connectivity index (χ3v) is 8.16. The van der Waals surface area contributed by atoms with E-state index in [9.17, 15) is 15.0 Å². The van der Waals surface area contributed by atoms with Crippen LogP contribution in [-0.2, 0) is 10.2 Å². The number of carboxylic acids is 1. The van der Waals surface area contributed by atoms with Crippen molar-refractivity contribution in [2.45, 2.75) is 103 Å². The van der Waals surface area contributed by atoms with Gasteiger partial charge in [-0.3, -0.25) is 4.79 Å². The highest BCUT2D eigenvalue weighted by atomic mass is 16.5. The number of hydrogen-bond acceptors (Lipinski definition) is 4. The van der Waals surface area contributed by atoms with Gasteiger partial charge in [0.2, 0.25) is 0 Å². The summed E-state index contributed by atoms with van der Waals surface area (Å²) in [4.78, 5) is 10.7. The summed E-state index contributed by atoms with van der Waals surface area (Å²) in [6.45, 7) is 8.78. The van der Waals surface area contributed by atoms with Crippen LogP contribution in [-0.4, -0.2) is 39.6 Å². The van der Waals surface area contributed by atoms with Crippen molar-refractivity contribution in [1.29, 1.82) is 0 Å². The summed E-state index contributed by atoms with van der Waals surface area (Å²) in [5, 5.41) is 29.6. The molecule has 0 spiro atoms. The highest BCUT2D eigenvalue weighted by molar-refractivity contribution is 5.66. The van der Waals surface area contributed by atoms with Crippen molar-refractivity contribution in [3.8, 4) is 5.75 Å². The van der Waals surface area contributed by atoms with Crippen LogP contribution >= 0.6 is 0 Å². The third kappa shape index (κ3) is 7.24. The molecule has 0 amide bonds. The van der Waals surface area contributed by atoms with Crippen molar-refractivity contribution in [3.05, 3.63) is 70.3 Å². The molecule has 1 fully saturated rings. The Balaban J connectivity index is 1.77. The fraction of sp³-hybridized carbons (Fsp3) is 0.531. The lowest BCUT2D eigenvalue weighted by molar-refractivity contribution is -0.137. The Bertz CT molecular complexity index is 1080. The lowest BCUT2D eigenvalue weighted by Crippen LogP contribution is -2.26. The van der Waals surface area contributed by atoms with Gasteiger partial charge in [-0.15, -0.1) is 0 Å². The molecular weight excluding hydrogens is 464 g/mol. The summed E-state index contributed by atoms with van der Waals surface area (Å²) >= 11 is 0. The number of aryl methyl sites for hydroxylation is 2. The first kappa shape index (κ1) is 28.9. The first-order valence-corrected chi connectivity index (χ1v) is 13.8. The van der Waals surface area contributed by atoms with Crippen molar-refractivity contribution < 1.29 is 24.9 Å². The molecule has 202 valence electrons. The maximum Gasteiger partial charge on any atom is 0.303 e. The molecule has 0 saturated heterocycles. The maximum absolute atomic E-state index is 10.7. The lowest BCUT2D eigenvalue weighted by atomic mass is 9.70. The molecule has 5 heteroatoms. The zero-order valence-corrected chi connectivity index (χ0v) is 22.9. The molecule has 0 bridgehead atoms. The topological polar surface area (TPSA) is 87.0 Å². The number of carboxylic acid groups (broad SMARTS) is 1. The van der Waals surface area contributed by atoms with Crippen LogP contribution in [0.3, 0.4) is 0 Å². The molecule has 0 radical (unpaired) electrons. The highest BCUT2D eigenvalue weighted by Gasteiger charge is 2.32. The predicted octanol–water partition coefficient (Wildman–Crippen LogP) is 6.72. The zero-order chi connectivity index (χ0) is 27.1. The first-order chi connectivity index (χ1) is 17.6. The van der Waals surface area contributed by atoms with Crippen LogP contribution in [0.4, 0.5) is 0 Å². The van der Waals surface area contributed by atoms with Gasteiger partial charge in [-0.2, -0.15) is 0 Å². The van der Waals surface area contributed by atoms with Gasteiger partial charge < -0.3 is 20.1 Å². The van der Waals surface area contributed by atoms with Crippen molar-refractivity contribution in [2.75, 3.05) is 6.61 Å². The highest BCUT2D eigenvalue weighted by Crippen LogP contribution is 2.41. The smallest absolute Gasteiger partial charge is 0.303 e. The van der Waals surface area contributed by atoms with Gasteiger partial charge in [0.15, 0.2) is 0 Å². The van der Waals surface area contributed by atoms with Crippen LogP contribution in [0.15, 0.2) is 42.5 Å². The lowest BCUT2D eigenvalue weighted by Gasteiger charge is -2.34. The Morgan fingerprint density at radius 2 is 1.68 bits per heavy atom. The monoisotopic (exact) mass is 508 g/mol. The number of hydrogen-bond donors (Lipinski definition) is 3. The van der Waals surface area contributed by atoms with Crippen LogP contribution in [0.1, 0.15) is 99.5 Å². The van der Waals surface area contributed by atoms with Crippen LogP contribution < -0.4 is 4.74 Å². The Hall–Kier alpha value is -2.63. The number of rotatable bonds is 13. The molecule has 1 saturated carbocycles. The second-order valence-corrected chi connectivity index (χ2v) is 10.7. The average Bonchev–Trinajstić information content (AvgIpc) is 3.30. The molecule has 0 unspecified atom stereocenters. The summed E-state index contributed by atoms with van der Waals surface area (Å²) in [7, 11) is 0. The van der Waals surface area contributed by atoms with Crippen molar-refractivity contribution in [1.82, 2.24) is 0 Å². The van der Waals surface area contributed by atoms with E-state index in [1.807, 2.05) is 19.1 Å². The van der Waals surface area contributed by atoms with E-state index < -0.39 is 17.7 Å². The van der Waals surface area contributed by atoms with E-state index >= 15 is 0 Å². The molecule has 37 heavy (non-hydrogen) atoms. The molecule has 3 rings (SSSR count). The quantitative estimate of drug-likeness (QED) is 0.279. The van der Waals surface area contributed by atoms with Gasteiger partial charge in [0, 0.05) is 11.8 Å². The van der Waals surface area contributed by atoms with Gasteiger partial charge in [0.1, 0.15) is 12.4 Å². The number of ether oxygens (including phenoxy) is 1. The van der Waals surface area contributed by atoms with Gasteiger partial charge in [-0.25, -0.2) is 0 Å². The van der Waals surface area contributed by atoms with Crippen LogP contribution in [0, 0.1) is 13.8 Å². The zero-order valence-electron chi connectivity index (χ0n) is 22.9. The average molecular weight is 509 g/mol. The number of benzene rings is 2. The molecule has 2 aromatic rings. The Morgan fingerprint density at radius 3 is 2.24 bits per heavy atom. The summed E-state index contributed by atoms with van der Waals surface area (Å²) in [6.07, 6.45) is 10.1. The number of aliphatic hydroxyl groups is 2. The van der Waals surface area contributed by atoms with Crippen molar-refractivity contribution >= 4 is 12.0 Å². The summed E-state index contributed by atoms with van der Waals surface area (Å²) in [5.74, 6) is -0.109. The van der Waals surface area contributed by atoms with E-state index in [0.29, 0.717) is 12.8 Å². The van der Waals surface area contributed by atoms with E-state index in [0.717, 1.165) is 55.4 Å². The summed E-state index contributed by atoms with van der Waals surface area (Å²) in [6, 6.07) is 13.0. The number of carbonyl (C=O) groups is 1. The van der Waals surface area contributed by atoms with Gasteiger partial charge >= 0.3 is 5.97 Å². The molecule has 3 N–H and O–H groups in total. The normalized spacial score (nSPS) is 16.3. The fourth-order valence-electron chi connectivity index (χ4n) is 5.66. The molecule has 1 aliphatic carbocycles. The maximum atomic E-state index is 10.7. The van der Waals surface area contributed by atoms with Crippen LogP contribution in [0.25, 0.3) is 6.08 Å². The minimum Gasteiger partial charge on any atom is -0.491 e. The van der Waals surface area contributed by atoms with Crippen LogP contribution in [0.5, 0.6) is 5.75 Å². The third-order valence-electron chi connectivity index (χ3n) is 8.16. The van der Waals surface area contributed by atoms with Crippen molar-refractivity contribution in [2.24, 2.45) is 0 Å². The molecule has 5 nitrogen and oxygen atoms in total. The van der Waals surface area contributed by atoms with Gasteiger partial charge in [-0.1, -0.05) is 69.2 Å². The molecule has 0 aromatic heterocycles. The van der Waals surface area contributed by atoms with E-state index in [1.54, 1.807) is 0 Å². The summed E-state index contributed by atoms with van der Waals surface area (Å²) < 4.78 is 5.88. The molecule has 0 heterocycles. The van der Waals surface area contributed by atoms with E-state index in [-0.39, 0.29) is 18.4 Å². The van der Waals surface area contributed by atoms with Gasteiger partial charge in [0.05, 0.1) is 11.7 Å². The Labute approximate surface area is 222 Å². The SMILES string of the molecule is CCC(CC)(c1ccc(/C=C/C2(O)CCCC2)c(C)c1)c1ccc(OC[C@H](O)CCCC(=O)O)c(C)c1. The van der Waals surface area contributed by atoms with E-state index in [2.05, 4.69) is 57.2 Å². The largest absolute Gasteiger partial charge is 0.491 e. The second-order valence-electron chi connectivity index (χ2n) is 10.7.